The van der Waals surface area contributed by atoms with Crippen LogP contribution in [0.1, 0.15) is 96.1 Å². The second-order valence-corrected chi connectivity index (χ2v) is 15.9. The molecule has 0 aromatic heterocycles. The molecule has 2 N–H and O–H groups in total. The highest BCUT2D eigenvalue weighted by Gasteiger charge is 2.62. The molecule has 6 nitrogen and oxygen atoms in total. The molecular formula is C38H56N2O4. The van der Waals surface area contributed by atoms with Crippen molar-refractivity contribution in [3.05, 3.63) is 41.5 Å². The van der Waals surface area contributed by atoms with E-state index in [1.165, 1.54) is 31.2 Å². The summed E-state index contributed by atoms with van der Waals surface area (Å²) in [4.78, 5) is 29.8. The standard InChI is InChI=1S/C38H56N2O4/c1-25-5-8-27(9-6-25)10-14-35(44)40-21-19-39(20-22-40)34(43)13-7-26(2)30-11-12-31-36-32(16-18-38(30,31)4)37(3)17-15-29(41)23-28(37)24-33(36)42/h5-6,8-10,14,26,28-33,36,41-42H,7,11-13,15-24H2,1-4H3/b14-10+/t26-,28-,29-,30?,31?,32?,33+,36?,37+,38-/m1/s1. The summed E-state index contributed by atoms with van der Waals surface area (Å²) >= 11 is 0. The molecule has 10 atom stereocenters. The van der Waals surface area contributed by atoms with Crippen molar-refractivity contribution in [1.29, 1.82) is 0 Å². The van der Waals surface area contributed by atoms with E-state index < -0.39 is 0 Å². The summed E-state index contributed by atoms with van der Waals surface area (Å²) in [6.45, 7) is 11.8. The van der Waals surface area contributed by atoms with E-state index in [1.54, 1.807) is 6.08 Å². The fraction of sp³-hybridized carbons (Fsp3) is 0.737. The van der Waals surface area contributed by atoms with Gasteiger partial charge in [0.15, 0.2) is 0 Å². The van der Waals surface area contributed by atoms with Crippen LogP contribution in [0.3, 0.4) is 0 Å². The lowest BCUT2D eigenvalue weighted by molar-refractivity contribution is -0.174. The van der Waals surface area contributed by atoms with E-state index in [0.29, 0.717) is 68.1 Å². The van der Waals surface area contributed by atoms with Gasteiger partial charge < -0.3 is 20.0 Å². The van der Waals surface area contributed by atoms with Gasteiger partial charge in [-0.05, 0) is 123 Å². The quantitative estimate of drug-likeness (QED) is 0.386. The number of hydrogen-bond acceptors (Lipinski definition) is 4. The van der Waals surface area contributed by atoms with E-state index in [-0.39, 0.29) is 34.9 Å². The average Bonchev–Trinajstić information content (AvgIpc) is 3.37. The first-order valence-corrected chi connectivity index (χ1v) is 17.7. The van der Waals surface area contributed by atoms with E-state index in [9.17, 15) is 19.8 Å². The summed E-state index contributed by atoms with van der Waals surface area (Å²) in [7, 11) is 0. The number of benzene rings is 1. The molecule has 4 aliphatic carbocycles. The van der Waals surface area contributed by atoms with Crippen LogP contribution in [0.15, 0.2) is 30.3 Å². The molecule has 44 heavy (non-hydrogen) atoms. The van der Waals surface area contributed by atoms with Gasteiger partial charge in [-0.1, -0.05) is 50.6 Å². The molecule has 1 saturated heterocycles. The van der Waals surface area contributed by atoms with Crippen LogP contribution in [0.4, 0.5) is 0 Å². The van der Waals surface area contributed by atoms with E-state index in [1.807, 2.05) is 40.1 Å². The normalized spacial score (nSPS) is 39.5. The number of nitrogens with zero attached hydrogens (tertiary/aromatic N) is 2. The topological polar surface area (TPSA) is 81.1 Å². The largest absolute Gasteiger partial charge is 0.393 e. The first kappa shape index (κ1) is 31.8. The molecule has 4 saturated carbocycles. The van der Waals surface area contributed by atoms with Crippen molar-refractivity contribution < 1.29 is 19.8 Å². The molecule has 0 bridgehead atoms. The minimum atomic E-state index is -0.243. The van der Waals surface area contributed by atoms with Crippen molar-refractivity contribution in [2.75, 3.05) is 26.2 Å². The summed E-state index contributed by atoms with van der Waals surface area (Å²) in [5.41, 5.74) is 2.71. The second kappa shape index (κ2) is 12.5. The summed E-state index contributed by atoms with van der Waals surface area (Å²) in [5.74, 6) is 3.29. The van der Waals surface area contributed by atoms with Gasteiger partial charge in [-0.15, -0.1) is 0 Å². The molecule has 0 radical (unpaired) electrons. The highest BCUT2D eigenvalue weighted by atomic mass is 16.3. The number of aliphatic hydroxyl groups excluding tert-OH is 2. The van der Waals surface area contributed by atoms with Crippen molar-refractivity contribution in [2.24, 2.45) is 46.3 Å². The molecule has 5 fully saturated rings. The first-order valence-electron chi connectivity index (χ1n) is 17.7. The van der Waals surface area contributed by atoms with Crippen molar-refractivity contribution in [2.45, 2.75) is 104 Å². The second-order valence-electron chi connectivity index (χ2n) is 15.9. The van der Waals surface area contributed by atoms with Gasteiger partial charge in [-0.2, -0.15) is 0 Å². The summed E-state index contributed by atoms with van der Waals surface area (Å²) in [6, 6.07) is 8.13. The highest BCUT2D eigenvalue weighted by Crippen LogP contribution is 2.68. The number of hydrogen-bond donors (Lipinski definition) is 2. The van der Waals surface area contributed by atoms with Crippen LogP contribution in [-0.4, -0.2) is 70.2 Å². The van der Waals surface area contributed by atoms with Crippen LogP contribution in [0.25, 0.3) is 6.08 Å². The fourth-order valence-corrected chi connectivity index (χ4v) is 11.0. The van der Waals surface area contributed by atoms with Crippen LogP contribution in [0.2, 0.25) is 0 Å². The average molecular weight is 605 g/mol. The zero-order valence-electron chi connectivity index (χ0n) is 27.6. The lowest BCUT2D eigenvalue weighted by Gasteiger charge is -2.62. The van der Waals surface area contributed by atoms with Crippen molar-refractivity contribution in [1.82, 2.24) is 9.80 Å². The van der Waals surface area contributed by atoms with E-state index in [4.69, 9.17) is 0 Å². The Hall–Kier alpha value is -2.18. The lowest BCUT2D eigenvalue weighted by Crippen LogP contribution is -2.58. The van der Waals surface area contributed by atoms with E-state index in [0.717, 1.165) is 37.7 Å². The van der Waals surface area contributed by atoms with Crippen molar-refractivity contribution in [3.8, 4) is 0 Å². The van der Waals surface area contributed by atoms with Gasteiger partial charge in [0.1, 0.15) is 0 Å². The number of fused-ring (bicyclic) bond motifs is 5. The molecule has 1 aliphatic heterocycles. The van der Waals surface area contributed by atoms with Crippen LogP contribution >= 0.6 is 0 Å². The van der Waals surface area contributed by atoms with E-state index >= 15 is 0 Å². The Balaban J connectivity index is 0.999. The number of aliphatic hydroxyl groups is 2. The SMILES string of the molecule is Cc1ccc(/C=C/C(=O)N2CCN(C(=O)CC[C@@H](C)C3CCC4C5C(CC[C@@]43C)[C@@]3(C)CC[C@@H](O)C[C@@H]3C[C@@H]5O)CC2)cc1. The van der Waals surface area contributed by atoms with Crippen LogP contribution in [0, 0.1) is 53.3 Å². The molecule has 2 amide bonds. The lowest BCUT2D eigenvalue weighted by atomic mass is 9.43. The third-order valence-corrected chi connectivity index (χ3v) is 13.7. The Bertz CT molecular complexity index is 1220. The van der Waals surface area contributed by atoms with Crippen LogP contribution in [-0.2, 0) is 9.59 Å². The van der Waals surface area contributed by atoms with Crippen LogP contribution in [0.5, 0.6) is 0 Å². The Kier molecular flexibility index (Phi) is 9.07. The number of rotatable bonds is 6. The maximum Gasteiger partial charge on any atom is 0.246 e. The first-order chi connectivity index (χ1) is 21.0. The fourth-order valence-electron chi connectivity index (χ4n) is 11.0. The molecule has 1 aromatic rings. The predicted molar refractivity (Wildman–Crippen MR) is 174 cm³/mol. The Morgan fingerprint density at radius 1 is 0.909 bits per heavy atom. The van der Waals surface area contributed by atoms with Gasteiger partial charge in [-0.25, -0.2) is 0 Å². The number of carbonyl (C=O) groups is 2. The molecule has 6 heteroatoms. The molecule has 0 spiro atoms. The Labute approximate surface area is 265 Å². The van der Waals surface area contributed by atoms with Gasteiger partial charge in [0.25, 0.3) is 0 Å². The number of amides is 2. The zero-order valence-corrected chi connectivity index (χ0v) is 27.6. The van der Waals surface area contributed by atoms with E-state index in [2.05, 4.69) is 27.7 Å². The third-order valence-electron chi connectivity index (χ3n) is 13.7. The summed E-state index contributed by atoms with van der Waals surface area (Å²) in [5, 5.41) is 21.9. The third kappa shape index (κ3) is 5.90. The number of aryl methyl sites for hydroxylation is 1. The molecular weight excluding hydrogens is 548 g/mol. The zero-order chi connectivity index (χ0) is 31.2. The predicted octanol–water partition coefficient (Wildman–Crippen LogP) is 6.09. The van der Waals surface area contributed by atoms with Gasteiger partial charge in [0.2, 0.25) is 11.8 Å². The smallest absolute Gasteiger partial charge is 0.246 e. The minimum absolute atomic E-state index is 0.0127. The molecule has 6 rings (SSSR count). The Morgan fingerprint density at radius 2 is 1.57 bits per heavy atom. The maximum absolute atomic E-state index is 13.3. The molecule has 1 heterocycles. The molecule has 1 aromatic carbocycles. The molecule has 242 valence electrons. The minimum Gasteiger partial charge on any atom is -0.393 e. The Morgan fingerprint density at radius 3 is 2.30 bits per heavy atom. The maximum atomic E-state index is 13.3. The number of carbonyl (C=O) groups excluding carboxylic acids is 2. The van der Waals surface area contributed by atoms with Crippen molar-refractivity contribution in [3.63, 3.8) is 0 Å². The van der Waals surface area contributed by atoms with Crippen LogP contribution < -0.4 is 0 Å². The summed E-state index contributed by atoms with van der Waals surface area (Å²) in [6.07, 6.45) is 13.2. The monoisotopic (exact) mass is 604 g/mol. The van der Waals surface area contributed by atoms with Gasteiger partial charge >= 0.3 is 0 Å². The van der Waals surface area contributed by atoms with Gasteiger partial charge in [-0.3, -0.25) is 9.59 Å². The summed E-state index contributed by atoms with van der Waals surface area (Å²) < 4.78 is 0. The van der Waals surface area contributed by atoms with Gasteiger partial charge in [0.05, 0.1) is 12.2 Å². The molecule has 5 aliphatic rings. The van der Waals surface area contributed by atoms with Gasteiger partial charge in [0, 0.05) is 38.7 Å². The molecule has 4 unspecified atom stereocenters. The number of piperazine rings is 1. The highest BCUT2D eigenvalue weighted by molar-refractivity contribution is 5.92. The van der Waals surface area contributed by atoms with Crippen molar-refractivity contribution >= 4 is 17.9 Å².